The van der Waals surface area contributed by atoms with Crippen LogP contribution in [0.5, 0.6) is 0 Å². The molecule has 1 rings (SSSR count). The van der Waals surface area contributed by atoms with E-state index in [0.717, 1.165) is 17.3 Å². The van der Waals surface area contributed by atoms with Crippen LogP contribution in [0.2, 0.25) is 0 Å². The lowest BCUT2D eigenvalue weighted by Gasteiger charge is -2.13. The molecule has 1 unspecified atom stereocenters. The lowest BCUT2D eigenvalue weighted by molar-refractivity contribution is 0.497. The quantitative estimate of drug-likeness (QED) is 0.781. The largest absolute Gasteiger partial charge is 0.310 e. The van der Waals surface area contributed by atoms with Crippen molar-refractivity contribution in [3.63, 3.8) is 0 Å². The van der Waals surface area contributed by atoms with Crippen molar-refractivity contribution >= 4 is 27.5 Å². The fourth-order valence-corrected chi connectivity index (χ4v) is 2.01. The van der Waals surface area contributed by atoms with Gasteiger partial charge in [0.15, 0.2) is 0 Å². The molecule has 1 aromatic carbocycles. The topological polar surface area (TPSA) is 12.0 Å². The number of rotatable bonds is 6. The maximum atomic E-state index is 13.4. The zero-order chi connectivity index (χ0) is 12.0. The molecular weight excluding hydrogens is 292 g/mol. The molecule has 0 saturated heterocycles. The van der Waals surface area contributed by atoms with Gasteiger partial charge in [0.25, 0.3) is 0 Å². The van der Waals surface area contributed by atoms with Gasteiger partial charge in [-0.1, -0.05) is 15.9 Å². The van der Waals surface area contributed by atoms with Gasteiger partial charge in [-0.2, -0.15) is 0 Å². The molecule has 0 aliphatic carbocycles. The summed E-state index contributed by atoms with van der Waals surface area (Å²) in [6, 6.07) is 5.34. The standard InChI is InChI=1S/C12H16BrClFN/c1-9(3-2-6-14)16-8-10-7-11(13)4-5-12(10)15/h4-5,7,9,16H,2-3,6,8H2,1H3. The van der Waals surface area contributed by atoms with E-state index in [1.165, 1.54) is 6.07 Å². The highest BCUT2D eigenvalue weighted by molar-refractivity contribution is 9.10. The van der Waals surface area contributed by atoms with Gasteiger partial charge in [0.05, 0.1) is 0 Å². The third-order valence-electron chi connectivity index (χ3n) is 2.42. The number of nitrogens with one attached hydrogen (secondary N) is 1. The van der Waals surface area contributed by atoms with Crippen molar-refractivity contribution in [3.05, 3.63) is 34.1 Å². The summed E-state index contributed by atoms with van der Waals surface area (Å²) in [5.74, 6) is 0.511. The van der Waals surface area contributed by atoms with Gasteiger partial charge in [-0.05, 0) is 38.0 Å². The monoisotopic (exact) mass is 307 g/mol. The molecular formula is C12H16BrClFN. The SMILES string of the molecule is CC(CCCCl)NCc1cc(Br)ccc1F. The molecule has 90 valence electrons. The third kappa shape index (κ3) is 4.81. The van der Waals surface area contributed by atoms with Crippen molar-refractivity contribution in [1.29, 1.82) is 0 Å². The highest BCUT2D eigenvalue weighted by Gasteiger charge is 2.05. The molecule has 1 atom stereocenters. The fourth-order valence-electron chi connectivity index (χ4n) is 1.45. The fraction of sp³-hybridized carbons (Fsp3) is 0.500. The van der Waals surface area contributed by atoms with Gasteiger partial charge >= 0.3 is 0 Å². The normalized spacial score (nSPS) is 12.8. The van der Waals surface area contributed by atoms with Crippen LogP contribution < -0.4 is 5.32 Å². The van der Waals surface area contributed by atoms with Crippen LogP contribution in [0, 0.1) is 5.82 Å². The Morgan fingerprint density at radius 1 is 1.50 bits per heavy atom. The van der Waals surface area contributed by atoms with Gasteiger partial charge in [0.1, 0.15) is 5.82 Å². The van der Waals surface area contributed by atoms with E-state index < -0.39 is 0 Å². The van der Waals surface area contributed by atoms with Crippen molar-refractivity contribution < 1.29 is 4.39 Å². The van der Waals surface area contributed by atoms with Crippen LogP contribution in [0.3, 0.4) is 0 Å². The highest BCUT2D eigenvalue weighted by atomic mass is 79.9. The third-order valence-corrected chi connectivity index (χ3v) is 3.18. The van der Waals surface area contributed by atoms with Crippen LogP contribution in [0.25, 0.3) is 0 Å². The van der Waals surface area contributed by atoms with Crippen molar-refractivity contribution in [1.82, 2.24) is 5.32 Å². The molecule has 0 aromatic heterocycles. The Labute approximate surface area is 110 Å². The van der Waals surface area contributed by atoms with Crippen LogP contribution in [-0.4, -0.2) is 11.9 Å². The molecule has 0 radical (unpaired) electrons. The first-order valence-corrected chi connectivity index (χ1v) is 6.69. The van der Waals surface area contributed by atoms with Crippen molar-refractivity contribution in [2.45, 2.75) is 32.4 Å². The van der Waals surface area contributed by atoms with E-state index in [2.05, 4.69) is 28.2 Å². The van der Waals surface area contributed by atoms with E-state index in [9.17, 15) is 4.39 Å². The summed E-state index contributed by atoms with van der Waals surface area (Å²) in [6.45, 7) is 2.64. The molecule has 0 saturated carbocycles. The molecule has 0 bridgehead atoms. The van der Waals surface area contributed by atoms with E-state index in [1.807, 2.05) is 0 Å². The Kier molecular flexibility index (Phi) is 6.32. The lowest BCUT2D eigenvalue weighted by atomic mass is 10.1. The van der Waals surface area contributed by atoms with Crippen LogP contribution >= 0.6 is 27.5 Å². The Bertz CT molecular complexity index is 333. The summed E-state index contributed by atoms with van der Waals surface area (Å²) in [4.78, 5) is 0. The van der Waals surface area contributed by atoms with Crippen LogP contribution in [0.4, 0.5) is 4.39 Å². The zero-order valence-electron chi connectivity index (χ0n) is 9.27. The van der Waals surface area contributed by atoms with Crippen molar-refractivity contribution in [3.8, 4) is 0 Å². The Morgan fingerprint density at radius 2 is 2.25 bits per heavy atom. The molecule has 0 aliphatic rings. The van der Waals surface area contributed by atoms with Crippen LogP contribution in [0.1, 0.15) is 25.3 Å². The number of hydrogen-bond donors (Lipinski definition) is 1. The minimum absolute atomic E-state index is 0.166. The number of benzene rings is 1. The van der Waals surface area contributed by atoms with Gasteiger partial charge in [0, 0.05) is 28.5 Å². The smallest absolute Gasteiger partial charge is 0.127 e. The second-order valence-corrected chi connectivity index (χ2v) is 5.14. The van der Waals surface area contributed by atoms with Crippen LogP contribution in [-0.2, 0) is 6.54 Å². The average Bonchev–Trinajstić information content (AvgIpc) is 2.27. The minimum Gasteiger partial charge on any atom is -0.310 e. The molecule has 0 heterocycles. The molecule has 0 spiro atoms. The molecule has 0 fully saturated rings. The molecule has 1 aromatic rings. The number of halogens is 3. The summed E-state index contributed by atoms with van der Waals surface area (Å²) in [5, 5.41) is 3.28. The first-order valence-electron chi connectivity index (χ1n) is 5.36. The molecule has 1 N–H and O–H groups in total. The Hall–Kier alpha value is -0.120. The first kappa shape index (κ1) is 13.9. The van der Waals surface area contributed by atoms with Crippen molar-refractivity contribution in [2.75, 3.05) is 5.88 Å². The lowest BCUT2D eigenvalue weighted by Crippen LogP contribution is -2.25. The van der Waals surface area contributed by atoms with Gasteiger partial charge < -0.3 is 5.32 Å². The van der Waals surface area contributed by atoms with Gasteiger partial charge in [0.2, 0.25) is 0 Å². The minimum atomic E-state index is -0.166. The average molecular weight is 309 g/mol. The van der Waals surface area contributed by atoms with Gasteiger partial charge in [-0.3, -0.25) is 0 Å². The number of hydrogen-bond acceptors (Lipinski definition) is 1. The summed E-state index contributed by atoms with van der Waals surface area (Å²) in [6.07, 6.45) is 2.00. The molecule has 4 heteroatoms. The Morgan fingerprint density at radius 3 is 2.94 bits per heavy atom. The maximum Gasteiger partial charge on any atom is 0.127 e. The van der Waals surface area contributed by atoms with Crippen LogP contribution in [0.15, 0.2) is 22.7 Å². The molecule has 16 heavy (non-hydrogen) atoms. The highest BCUT2D eigenvalue weighted by Crippen LogP contribution is 2.15. The predicted octanol–water partition coefficient (Wildman–Crippen LogP) is 4.09. The Balaban J connectivity index is 2.44. The second kappa shape index (κ2) is 7.25. The summed E-state index contributed by atoms with van der Waals surface area (Å²) >= 11 is 8.95. The zero-order valence-corrected chi connectivity index (χ0v) is 11.6. The summed E-state index contributed by atoms with van der Waals surface area (Å²) < 4.78 is 14.3. The first-order chi connectivity index (χ1) is 7.63. The number of alkyl halides is 1. The maximum absolute atomic E-state index is 13.4. The van der Waals surface area contributed by atoms with E-state index in [-0.39, 0.29) is 5.82 Å². The van der Waals surface area contributed by atoms with E-state index in [0.29, 0.717) is 24.0 Å². The van der Waals surface area contributed by atoms with E-state index in [4.69, 9.17) is 11.6 Å². The van der Waals surface area contributed by atoms with Crippen molar-refractivity contribution in [2.24, 2.45) is 0 Å². The van der Waals surface area contributed by atoms with E-state index in [1.54, 1.807) is 12.1 Å². The van der Waals surface area contributed by atoms with E-state index >= 15 is 0 Å². The molecule has 0 amide bonds. The molecule has 1 nitrogen and oxygen atoms in total. The van der Waals surface area contributed by atoms with Gasteiger partial charge in [-0.15, -0.1) is 11.6 Å². The second-order valence-electron chi connectivity index (χ2n) is 3.85. The summed E-state index contributed by atoms with van der Waals surface area (Å²) in [7, 11) is 0. The van der Waals surface area contributed by atoms with Gasteiger partial charge in [-0.25, -0.2) is 4.39 Å². The predicted molar refractivity (Wildman–Crippen MR) is 70.4 cm³/mol. The molecule has 0 aliphatic heterocycles. The summed E-state index contributed by atoms with van der Waals surface area (Å²) in [5.41, 5.74) is 0.687.